The van der Waals surface area contributed by atoms with E-state index in [0.29, 0.717) is 26.1 Å². The largest absolute Gasteiger partial charge is 0.481 e. The third kappa shape index (κ3) is 4.07. The van der Waals surface area contributed by atoms with Crippen molar-refractivity contribution in [3.05, 3.63) is 35.9 Å². The van der Waals surface area contributed by atoms with E-state index in [4.69, 9.17) is 9.84 Å². The lowest BCUT2D eigenvalue weighted by Gasteiger charge is -2.36. The Morgan fingerprint density at radius 2 is 2.05 bits per heavy atom. The fourth-order valence-electron chi connectivity index (χ4n) is 2.84. The van der Waals surface area contributed by atoms with Gasteiger partial charge in [-0.25, -0.2) is 0 Å². The highest BCUT2D eigenvalue weighted by Gasteiger charge is 2.34. The molecule has 0 saturated carbocycles. The van der Waals surface area contributed by atoms with Gasteiger partial charge in [-0.3, -0.25) is 9.59 Å². The lowest BCUT2D eigenvalue weighted by Crippen LogP contribution is -2.48. The highest BCUT2D eigenvalue weighted by atomic mass is 16.5. The number of benzene rings is 1. The standard InChI is InChI=1S/C17H23NO4/c1-12-10-18(9-8-15(12)17(20)21)16(19)13(2)22-11-14-6-4-3-5-7-14/h3-7,12-13,15H,8-11H2,1-2H3,(H,20,21). The summed E-state index contributed by atoms with van der Waals surface area (Å²) >= 11 is 0. The van der Waals surface area contributed by atoms with Gasteiger partial charge in [0.25, 0.3) is 5.91 Å². The first-order chi connectivity index (χ1) is 10.5. The van der Waals surface area contributed by atoms with Crippen molar-refractivity contribution in [1.29, 1.82) is 0 Å². The van der Waals surface area contributed by atoms with Gasteiger partial charge in [-0.1, -0.05) is 37.3 Å². The van der Waals surface area contributed by atoms with E-state index in [0.717, 1.165) is 5.56 Å². The van der Waals surface area contributed by atoms with Crippen LogP contribution in [0.3, 0.4) is 0 Å². The van der Waals surface area contributed by atoms with Crippen LogP contribution in [0.15, 0.2) is 30.3 Å². The molecule has 3 unspecified atom stereocenters. The van der Waals surface area contributed by atoms with Crippen molar-refractivity contribution < 1.29 is 19.4 Å². The number of hydrogen-bond donors (Lipinski definition) is 1. The lowest BCUT2D eigenvalue weighted by atomic mass is 9.87. The first-order valence-corrected chi connectivity index (χ1v) is 7.66. The fraction of sp³-hybridized carbons (Fsp3) is 0.529. The van der Waals surface area contributed by atoms with Gasteiger partial charge >= 0.3 is 5.97 Å². The molecular weight excluding hydrogens is 282 g/mol. The predicted octanol–water partition coefficient (Wildman–Crippen LogP) is 2.16. The number of carbonyl (C=O) groups is 2. The maximum atomic E-state index is 12.4. The normalized spacial score (nSPS) is 23.1. The quantitative estimate of drug-likeness (QED) is 0.905. The van der Waals surface area contributed by atoms with Gasteiger partial charge in [0.05, 0.1) is 12.5 Å². The highest BCUT2D eigenvalue weighted by Crippen LogP contribution is 2.24. The van der Waals surface area contributed by atoms with E-state index in [1.54, 1.807) is 11.8 Å². The molecule has 22 heavy (non-hydrogen) atoms. The molecule has 2 rings (SSSR count). The molecule has 1 aliphatic rings. The molecule has 0 spiro atoms. The first kappa shape index (κ1) is 16.5. The van der Waals surface area contributed by atoms with Crippen LogP contribution in [-0.2, 0) is 20.9 Å². The minimum atomic E-state index is -0.770. The lowest BCUT2D eigenvalue weighted by molar-refractivity contribution is -0.152. The van der Waals surface area contributed by atoms with Gasteiger partial charge in [-0.05, 0) is 24.8 Å². The van der Waals surface area contributed by atoms with E-state index >= 15 is 0 Å². The predicted molar refractivity (Wildman–Crippen MR) is 82.2 cm³/mol. The van der Waals surface area contributed by atoms with Crippen LogP contribution in [0, 0.1) is 11.8 Å². The molecule has 1 amide bonds. The van der Waals surface area contributed by atoms with Crippen LogP contribution in [0.2, 0.25) is 0 Å². The van der Waals surface area contributed by atoms with Gasteiger partial charge in [-0.2, -0.15) is 0 Å². The molecule has 1 aromatic rings. The summed E-state index contributed by atoms with van der Waals surface area (Å²) in [5.41, 5.74) is 1.03. The SMILES string of the molecule is CC(OCc1ccccc1)C(=O)N1CCC(C(=O)O)C(C)C1. The average molecular weight is 305 g/mol. The van der Waals surface area contributed by atoms with Crippen molar-refractivity contribution in [2.75, 3.05) is 13.1 Å². The molecule has 1 heterocycles. The third-order valence-electron chi connectivity index (χ3n) is 4.22. The number of carbonyl (C=O) groups excluding carboxylic acids is 1. The van der Waals surface area contributed by atoms with E-state index < -0.39 is 12.1 Å². The van der Waals surface area contributed by atoms with Crippen molar-refractivity contribution in [2.45, 2.75) is 33.0 Å². The number of carboxylic acids is 1. The number of nitrogens with zero attached hydrogens (tertiary/aromatic N) is 1. The second-order valence-corrected chi connectivity index (χ2v) is 5.93. The van der Waals surface area contributed by atoms with E-state index in [9.17, 15) is 9.59 Å². The van der Waals surface area contributed by atoms with Crippen LogP contribution in [0.1, 0.15) is 25.8 Å². The fourth-order valence-corrected chi connectivity index (χ4v) is 2.84. The summed E-state index contributed by atoms with van der Waals surface area (Å²) in [5.74, 6) is -1.22. The molecular formula is C17H23NO4. The van der Waals surface area contributed by atoms with Crippen molar-refractivity contribution >= 4 is 11.9 Å². The zero-order valence-corrected chi connectivity index (χ0v) is 13.1. The number of piperidine rings is 1. The molecule has 1 N–H and O–H groups in total. The van der Waals surface area contributed by atoms with Gasteiger partial charge in [0.2, 0.25) is 0 Å². The van der Waals surface area contributed by atoms with Crippen LogP contribution < -0.4 is 0 Å². The molecule has 1 saturated heterocycles. The first-order valence-electron chi connectivity index (χ1n) is 7.66. The molecule has 1 aromatic carbocycles. The summed E-state index contributed by atoms with van der Waals surface area (Å²) in [6.45, 7) is 5.00. The molecule has 0 bridgehead atoms. The second kappa shape index (κ2) is 7.40. The molecule has 1 aliphatic heterocycles. The van der Waals surface area contributed by atoms with Crippen LogP contribution in [0.5, 0.6) is 0 Å². The van der Waals surface area contributed by atoms with Gasteiger partial charge in [0.1, 0.15) is 6.10 Å². The minimum Gasteiger partial charge on any atom is -0.481 e. The smallest absolute Gasteiger partial charge is 0.306 e. The summed E-state index contributed by atoms with van der Waals surface area (Å²) < 4.78 is 5.65. The molecule has 0 radical (unpaired) electrons. The van der Waals surface area contributed by atoms with Crippen LogP contribution >= 0.6 is 0 Å². The Labute approximate surface area is 130 Å². The Kier molecular flexibility index (Phi) is 5.55. The molecule has 0 aromatic heterocycles. The number of rotatable bonds is 5. The summed E-state index contributed by atoms with van der Waals surface area (Å²) in [4.78, 5) is 25.2. The Morgan fingerprint density at radius 3 is 2.64 bits per heavy atom. The van der Waals surface area contributed by atoms with Crippen LogP contribution in [0.4, 0.5) is 0 Å². The zero-order chi connectivity index (χ0) is 16.1. The van der Waals surface area contributed by atoms with Gasteiger partial charge in [-0.15, -0.1) is 0 Å². The van der Waals surface area contributed by atoms with E-state index in [1.165, 1.54) is 0 Å². The number of likely N-dealkylation sites (tertiary alicyclic amines) is 1. The highest BCUT2D eigenvalue weighted by molar-refractivity contribution is 5.81. The molecule has 5 nitrogen and oxygen atoms in total. The Hall–Kier alpha value is -1.88. The zero-order valence-electron chi connectivity index (χ0n) is 13.1. The van der Waals surface area contributed by atoms with Crippen molar-refractivity contribution in [3.63, 3.8) is 0 Å². The second-order valence-electron chi connectivity index (χ2n) is 5.93. The van der Waals surface area contributed by atoms with Gasteiger partial charge < -0.3 is 14.7 Å². The molecule has 120 valence electrons. The topological polar surface area (TPSA) is 66.8 Å². The van der Waals surface area contributed by atoms with Crippen molar-refractivity contribution in [3.8, 4) is 0 Å². The third-order valence-corrected chi connectivity index (χ3v) is 4.22. The van der Waals surface area contributed by atoms with Crippen molar-refractivity contribution in [1.82, 2.24) is 4.90 Å². The Balaban J connectivity index is 1.85. The number of ether oxygens (including phenoxy) is 1. The Morgan fingerprint density at radius 1 is 1.36 bits per heavy atom. The minimum absolute atomic E-state index is 0.0310. The molecule has 1 fully saturated rings. The monoisotopic (exact) mass is 305 g/mol. The number of amides is 1. The van der Waals surface area contributed by atoms with E-state index in [-0.39, 0.29) is 17.7 Å². The number of hydrogen-bond acceptors (Lipinski definition) is 3. The van der Waals surface area contributed by atoms with E-state index in [2.05, 4.69) is 0 Å². The summed E-state index contributed by atoms with van der Waals surface area (Å²) in [7, 11) is 0. The van der Waals surface area contributed by atoms with Crippen molar-refractivity contribution in [2.24, 2.45) is 11.8 Å². The molecule has 3 atom stereocenters. The Bertz CT molecular complexity index is 517. The summed E-state index contributed by atoms with van der Waals surface area (Å²) in [6, 6.07) is 9.72. The average Bonchev–Trinajstić information content (AvgIpc) is 2.52. The van der Waals surface area contributed by atoms with Crippen LogP contribution in [0.25, 0.3) is 0 Å². The van der Waals surface area contributed by atoms with Gasteiger partial charge in [0, 0.05) is 13.1 Å². The molecule has 5 heteroatoms. The maximum Gasteiger partial charge on any atom is 0.306 e. The van der Waals surface area contributed by atoms with Crippen LogP contribution in [-0.4, -0.2) is 41.1 Å². The van der Waals surface area contributed by atoms with E-state index in [1.807, 2.05) is 37.3 Å². The maximum absolute atomic E-state index is 12.4. The molecule has 0 aliphatic carbocycles. The number of aliphatic carboxylic acids is 1. The summed E-state index contributed by atoms with van der Waals surface area (Å²) in [6.07, 6.45) is -0.0121. The number of carboxylic acid groups (broad SMARTS) is 1. The van der Waals surface area contributed by atoms with Gasteiger partial charge in [0.15, 0.2) is 0 Å². The summed E-state index contributed by atoms with van der Waals surface area (Å²) in [5, 5.41) is 9.12.